The Labute approximate surface area is 123 Å². The number of rotatable bonds is 2. The van der Waals surface area contributed by atoms with E-state index < -0.39 is 0 Å². The fraction of sp³-hybridized carbons (Fsp3) is 0.571. The van der Waals surface area contributed by atoms with Gasteiger partial charge in [-0.2, -0.15) is 0 Å². The average Bonchev–Trinajstić information content (AvgIpc) is 2.94. The summed E-state index contributed by atoms with van der Waals surface area (Å²) in [5.74, 6) is 0. The van der Waals surface area contributed by atoms with Crippen molar-refractivity contribution in [1.82, 2.24) is 19.2 Å². The van der Waals surface area contributed by atoms with Crippen molar-refractivity contribution in [3.63, 3.8) is 0 Å². The minimum Gasteiger partial charge on any atom is -0.326 e. The molecule has 2 aliphatic rings. The maximum Gasteiger partial charge on any atom is 0.345 e. The zero-order chi connectivity index (χ0) is 14.3. The van der Waals surface area contributed by atoms with Crippen LogP contribution in [0.1, 0.15) is 0 Å². The molecule has 0 N–H and O–H groups in total. The lowest BCUT2D eigenvalue weighted by Gasteiger charge is -2.23. The van der Waals surface area contributed by atoms with Crippen molar-refractivity contribution < 1.29 is 0 Å². The van der Waals surface area contributed by atoms with Gasteiger partial charge in [-0.1, -0.05) is 24.3 Å². The molecule has 0 aliphatic carbocycles. The van der Waals surface area contributed by atoms with Gasteiger partial charge in [0.1, 0.15) is 0 Å². The first-order valence-corrected chi connectivity index (χ1v) is 7.49. The highest BCUT2D eigenvalue weighted by molar-refractivity contribution is 6.70. The molecule has 2 heterocycles. The van der Waals surface area contributed by atoms with Crippen LogP contribution >= 0.6 is 0 Å². The van der Waals surface area contributed by atoms with Gasteiger partial charge in [0.2, 0.25) is 0 Å². The SMILES string of the molecule is CN1CCN(C)B1c1ccc(B2N(C)CCN2C)cc1. The van der Waals surface area contributed by atoms with Gasteiger partial charge in [0.15, 0.2) is 0 Å². The number of hydrogen-bond donors (Lipinski definition) is 0. The van der Waals surface area contributed by atoms with Crippen molar-refractivity contribution in [1.29, 1.82) is 0 Å². The Balaban J connectivity index is 1.81. The summed E-state index contributed by atoms with van der Waals surface area (Å²) in [5, 5.41) is 0. The molecule has 106 valence electrons. The molecule has 0 radical (unpaired) electrons. The van der Waals surface area contributed by atoms with Crippen molar-refractivity contribution in [3.8, 4) is 0 Å². The van der Waals surface area contributed by atoms with Crippen LogP contribution in [-0.2, 0) is 0 Å². The Morgan fingerprint density at radius 2 is 0.850 bits per heavy atom. The average molecular weight is 270 g/mol. The third-order valence-corrected chi connectivity index (χ3v) is 4.81. The van der Waals surface area contributed by atoms with E-state index in [-0.39, 0.29) is 0 Å². The molecule has 3 rings (SSSR count). The molecule has 1 aromatic carbocycles. The van der Waals surface area contributed by atoms with E-state index in [0.717, 1.165) is 26.2 Å². The van der Waals surface area contributed by atoms with Crippen LogP contribution in [-0.4, -0.2) is 87.6 Å². The first-order chi connectivity index (χ1) is 9.58. The van der Waals surface area contributed by atoms with Gasteiger partial charge in [0.05, 0.1) is 0 Å². The topological polar surface area (TPSA) is 13.0 Å². The fourth-order valence-corrected chi connectivity index (χ4v) is 3.65. The highest BCUT2D eigenvalue weighted by Crippen LogP contribution is 2.08. The van der Waals surface area contributed by atoms with E-state index in [1.165, 1.54) is 10.9 Å². The fourth-order valence-electron chi connectivity index (χ4n) is 3.65. The highest BCUT2D eigenvalue weighted by Gasteiger charge is 2.35. The van der Waals surface area contributed by atoms with Gasteiger partial charge in [-0.25, -0.2) is 0 Å². The Morgan fingerprint density at radius 3 is 1.10 bits per heavy atom. The molecule has 0 spiro atoms. The quantitative estimate of drug-likeness (QED) is 0.628. The normalized spacial score (nSPS) is 23.2. The molecule has 0 saturated carbocycles. The van der Waals surface area contributed by atoms with E-state index in [9.17, 15) is 0 Å². The second kappa shape index (κ2) is 5.53. The maximum absolute atomic E-state index is 2.42. The summed E-state index contributed by atoms with van der Waals surface area (Å²) in [6, 6.07) is 9.22. The van der Waals surface area contributed by atoms with Gasteiger partial charge in [-0.3, -0.25) is 0 Å². The third-order valence-electron chi connectivity index (χ3n) is 4.81. The van der Waals surface area contributed by atoms with Gasteiger partial charge >= 0.3 is 14.0 Å². The largest absolute Gasteiger partial charge is 0.345 e. The third kappa shape index (κ3) is 2.42. The van der Waals surface area contributed by atoms with Gasteiger partial charge in [-0.05, 0) is 39.1 Å². The van der Waals surface area contributed by atoms with E-state index in [0.29, 0.717) is 14.0 Å². The summed E-state index contributed by atoms with van der Waals surface area (Å²) in [7, 11) is 8.84. The van der Waals surface area contributed by atoms with Crippen LogP contribution in [0.5, 0.6) is 0 Å². The van der Waals surface area contributed by atoms with Gasteiger partial charge < -0.3 is 19.2 Å². The summed E-state index contributed by atoms with van der Waals surface area (Å²) < 4.78 is 0. The lowest BCUT2D eigenvalue weighted by molar-refractivity contribution is 0.553. The van der Waals surface area contributed by atoms with Gasteiger partial charge in [0, 0.05) is 26.2 Å². The monoisotopic (exact) mass is 270 g/mol. The second-order valence-corrected chi connectivity index (χ2v) is 6.34. The van der Waals surface area contributed by atoms with Crippen molar-refractivity contribution in [2.75, 3.05) is 54.4 Å². The number of benzene rings is 1. The Hall–Kier alpha value is -0.810. The molecule has 0 bridgehead atoms. The molecule has 0 aromatic heterocycles. The molecule has 6 heteroatoms. The van der Waals surface area contributed by atoms with Gasteiger partial charge in [0.25, 0.3) is 0 Å². The molecule has 2 fully saturated rings. The second-order valence-electron chi connectivity index (χ2n) is 6.34. The maximum atomic E-state index is 2.42. The summed E-state index contributed by atoms with van der Waals surface area (Å²) in [6.07, 6.45) is 0. The predicted octanol–water partition coefficient (Wildman–Crippen LogP) is -1.17. The van der Waals surface area contributed by atoms with Crippen LogP contribution in [0, 0.1) is 0 Å². The molecule has 2 saturated heterocycles. The van der Waals surface area contributed by atoms with Crippen LogP contribution in [0.2, 0.25) is 0 Å². The van der Waals surface area contributed by atoms with Crippen LogP contribution < -0.4 is 10.9 Å². The van der Waals surface area contributed by atoms with E-state index in [1.807, 2.05) is 0 Å². The lowest BCUT2D eigenvalue weighted by Crippen LogP contribution is -2.52. The molecule has 0 unspecified atom stereocenters. The molecular formula is C14H24B2N4. The van der Waals surface area contributed by atoms with Gasteiger partial charge in [-0.15, -0.1) is 0 Å². The summed E-state index contributed by atoms with van der Waals surface area (Å²) in [6.45, 7) is 5.47. The summed E-state index contributed by atoms with van der Waals surface area (Å²) in [5.41, 5.74) is 2.80. The zero-order valence-corrected chi connectivity index (χ0v) is 13.1. The van der Waals surface area contributed by atoms with Crippen molar-refractivity contribution in [2.24, 2.45) is 0 Å². The molecular weight excluding hydrogens is 246 g/mol. The standard InChI is InChI=1S/C14H24B2N4/c1-17-9-10-18(2)15(17)13-5-7-14(8-6-13)16-19(3)11-12-20(16)4/h5-8H,9-12H2,1-4H3. The van der Waals surface area contributed by atoms with Crippen molar-refractivity contribution in [3.05, 3.63) is 24.3 Å². The lowest BCUT2D eigenvalue weighted by atomic mass is 9.62. The molecule has 2 aliphatic heterocycles. The smallest absolute Gasteiger partial charge is 0.326 e. The van der Waals surface area contributed by atoms with Crippen molar-refractivity contribution in [2.45, 2.75) is 0 Å². The Kier molecular flexibility index (Phi) is 3.91. The van der Waals surface area contributed by atoms with E-state index >= 15 is 0 Å². The van der Waals surface area contributed by atoms with E-state index in [2.05, 4.69) is 71.7 Å². The van der Waals surface area contributed by atoms with Crippen LogP contribution in [0.15, 0.2) is 24.3 Å². The van der Waals surface area contributed by atoms with E-state index in [4.69, 9.17) is 0 Å². The molecule has 0 amide bonds. The molecule has 0 atom stereocenters. The van der Waals surface area contributed by atoms with Crippen LogP contribution in [0.3, 0.4) is 0 Å². The summed E-state index contributed by atoms with van der Waals surface area (Å²) in [4.78, 5) is 9.68. The van der Waals surface area contributed by atoms with Crippen LogP contribution in [0.4, 0.5) is 0 Å². The van der Waals surface area contributed by atoms with E-state index in [1.54, 1.807) is 0 Å². The molecule has 4 nitrogen and oxygen atoms in total. The molecule has 1 aromatic rings. The number of nitrogens with zero attached hydrogens (tertiary/aromatic N) is 4. The Morgan fingerprint density at radius 1 is 0.600 bits per heavy atom. The zero-order valence-electron chi connectivity index (χ0n) is 13.1. The minimum absolute atomic E-state index is 0.433. The summed E-state index contributed by atoms with van der Waals surface area (Å²) >= 11 is 0. The highest BCUT2D eigenvalue weighted by atomic mass is 15.3. The first-order valence-electron chi connectivity index (χ1n) is 7.49. The number of hydrogen-bond acceptors (Lipinski definition) is 4. The minimum atomic E-state index is 0.433. The Bertz CT molecular complexity index is 404. The number of likely N-dealkylation sites (N-methyl/N-ethyl adjacent to an activating group) is 4. The van der Waals surface area contributed by atoms with Crippen LogP contribution in [0.25, 0.3) is 0 Å². The predicted molar refractivity (Wildman–Crippen MR) is 87.7 cm³/mol. The molecule has 20 heavy (non-hydrogen) atoms. The van der Waals surface area contributed by atoms with Crippen molar-refractivity contribution >= 4 is 24.9 Å². The first kappa shape index (κ1) is 14.1.